The van der Waals surface area contributed by atoms with Crippen LogP contribution in [0.25, 0.3) is 0 Å². The van der Waals surface area contributed by atoms with Crippen molar-refractivity contribution in [2.24, 2.45) is 11.8 Å². The molecule has 0 aliphatic carbocycles. The fraction of sp³-hybridized carbons (Fsp3) is 0.471. The summed E-state index contributed by atoms with van der Waals surface area (Å²) in [4.78, 5) is 14.4. The third kappa shape index (κ3) is 5.33. The number of piperidine rings is 1. The van der Waals surface area contributed by atoms with Gasteiger partial charge in [0.15, 0.2) is 4.34 Å². The molecule has 0 bridgehead atoms. The predicted octanol–water partition coefficient (Wildman–Crippen LogP) is 4.53. The molecule has 1 aromatic carbocycles. The molecule has 25 heavy (non-hydrogen) atoms. The topological polar surface area (TPSA) is 58.1 Å². The molecule has 8 heteroatoms. The largest absolute Gasteiger partial charge is 0.341 e. The number of amides is 1. The number of aromatic nitrogens is 2. The van der Waals surface area contributed by atoms with Crippen molar-refractivity contribution >= 4 is 51.4 Å². The molecule has 3 rings (SSSR count). The van der Waals surface area contributed by atoms with Crippen LogP contribution in [0.15, 0.2) is 28.6 Å². The van der Waals surface area contributed by atoms with Crippen LogP contribution >= 0.6 is 34.7 Å². The average Bonchev–Trinajstić information content (AvgIpc) is 2.99. The highest BCUT2D eigenvalue weighted by Gasteiger charge is 2.25. The van der Waals surface area contributed by atoms with Crippen LogP contribution < -0.4 is 5.32 Å². The van der Waals surface area contributed by atoms with Gasteiger partial charge in [0.25, 0.3) is 0 Å². The first-order valence-electron chi connectivity index (χ1n) is 8.26. The number of anilines is 2. The van der Waals surface area contributed by atoms with Crippen LogP contribution in [0.5, 0.6) is 0 Å². The number of hydrogen-bond donors (Lipinski definition) is 1. The first-order chi connectivity index (χ1) is 12.0. The molecule has 1 saturated heterocycles. The summed E-state index contributed by atoms with van der Waals surface area (Å²) in [6.45, 7) is 6.14. The van der Waals surface area contributed by atoms with E-state index in [0.717, 1.165) is 23.1 Å². The molecule has 1 aromatic heterocycles. The smallest absolute Gasteiger partial charge is 0.233 e. The van der Waals surface area contributed by atoms with Gasteiger partial charge in [0, 0.05) is 23.8 Å². The summed E-state index contributed by atoms with van der Waals surface area (Å²) >= 11 is 8.86. The van der Waals surface area contributed by atoms with E-state index >= 15 is 0 Å². The second-order valence-electron chi connectivity index (χ2n) is 6.54. The zero-order valence-corrected chi connectivity index (χ0v) is 16.6. The number of benzene rings is 1. The molecule has 1 aliphatic heterocycles. The van der Waals surface area contributed by atoms with Gasteiger partial charge in [0.05, 0.1) is 5.75 Å². The molecule has 5 nitrogen and oxygen atoms in total. The average molecular weight is 397 g/mol. The van der Waals surface area contributed by atoms with Crippen molar-refractivity contribution in [1.29, 1.82) is 0 Å². The molecule has 2 heterocycles. The first kappa shape index (κ1) is 18.5. The van der Waals surface area contributed by atoms with E-state index < -0.39 is 0 Å². The minimum atomic E-state index is 0.183. The highest BCUT2D eigenvalue weighted by molar-refractivity contribution is 8.01. The molecular formula is C17H21ClN4OS2. The highest BCUT2D eigenvalue weighted by atomic mass is 35.5. The SMILES string of the molecule is C[C@@H]1C[C@H](C)CN(C(=O)CSc2nnc(Nc3cccc(Cl)c3)s2)C1. The molecule has 2 atom stereocenters. The molecule has 0 radical (unpaired) electrons. The fourth-order valence-corrected chi connectivity index (χ4v) is 4.95. The Morgan fingerprint density at radius 3 is 2.84 bits per heavy atom. The summed E-state index contributed by atoms with van der Waals surface area (Å²) in [5.41, 5.74) is 0.868. The van der Waals surface area contributed by atoms with Gasteiger partial charge in [-0.2, -0.15) is 0 Å². The van der Waals surface area contributed by atoms with E-state index in [4.69, 9.17) is 11.6 Å². The van der Waals surface area contributed by atoms with Crippen molar-refractivity contribution in [3.8, 4) is 0 Å². The minimum absolute atomic E-state index is 0.183. The minimum Gasteiger partial charge on any atom is -0.341 e. The van der Waals surface area contributed by atoms with Crippen LogP contribution in [0, 0.1) is 11.8 Å². The molecule has 1 amide bonds. The lowest BCUT2D eigenvalue weighted by molar-refractivity contribution is -0.130. The normalized spacial score (nSPS) is 20.5. The summed E-state index contributed by atoms with van der Waals surface area (Å²) in [5, 5.41) is 12.8. The van der Waals surface area contributed by atoms with Crippen molar-refractivity contribution in [2.75, 3.05) is 24.2 Å². The van der Waals surface area contributed by atoms with Crippen LogP contribution in [0.1, 0.15) is 20.3 Å². The van der Waals surface area contributed by atoms with E-state index in [0.29, 0.717) is 27.7 Å². The molecule has 1 aliphatic rings. The van der Waals surface area contributed by atoms with E-state index in [9.17, 15) is 4.79 Å². The number of halogens is 1. The van der Waals surface area contributed by atoms with Gasteiger partial charge in [-0.25, -0.2) is 0 Å². The molecule has 0 spiro atoms. The van der Waals surface area contributed by atoms with Crippen molar-refractivity contribution in [2.45, 2.75) is 24.6 Å². The number of nitrogens with one attached hydrogen (secondary N) is 1. The quantitative estimate of drug-likeness (QED) is 0.752. The Hall–Kier alpha value is -1.31. The summed E-state index contributed by atoms with van der Waals surface area (Å²) in [6, 6.07) is 7.45. The van der Waals surface area contributed by atoms with Crippen molar-refractivity contribution in [3.05, 3.63) is 29.3 Å². The standard InChI is InChI=1S/C17H21ClN4OS2/c1-11-6-12(2)9-22(8-11)15(23)10-24-17-21-20-16(25-17)19-14-5-3-4-13(18)7-14/h3-5,7,11-12H,6,8-10H2,1-2H3,(H,19,20)/t11-,12+. The lowest BCUT2D eigenvalue weighted by Gasteiger charge is -2.34. The van der Waals surface area contributed by atoms with Crippen LogP contribution in [-0.2, 0) is 4.79 Å². The number of carbonyl (C=O) groups excluding carboxylic acids is 1. The van der Waals surface area contributed by atoms with Gasteiger partial charge in [-0.05, 0) is 36.5 Å². The number of likely N-dealkylation sites (tertiary alicyclic amines) is 1. The Bertz CT molecular complexity index is 729. The van der Waals surface area contributed by atoms with Gasteiger partial charge in [0.2, 0.25) is 11.0 Å². The Kier molecular flexibility index (Phi) is 6.19. The Balaban J connectivity index is 1.52. The summed E-state index contributed by atoms with van der Waals surface area (Å²) in [5.74, 6) is 1.74. The molecule has 2 aromatic rings. The Morgan fingerprint density at radius 2 is 2.12 bits per heavy atom. The highest BCUT2D eigenvalue weighted by Crippen LogP contribution is 2.29. The van der Waals surface area contributed by atoms with Crippen LogP contribution in [0.4, 0.5) is 10.8 Å². The summed E-state index contributed by atoms with van der Waals surface area (Å²) < 4.78 is 0.788. The lowest BCUT2D eigenvalue weighted by Crippen LogP contribution is -2.43. The second-order valence-corrected chi connectivity index (χ2v) is 9.18. The van der Waals surface area contributed by atoms with Gasteiger partial charge >= 0.3 is 0 Å². The molecule has 1 fully saturated rings. The van der Waals surface area contributed by atoms with Gasteiger partial charge in [-0.1, -0.05) is 54.6 Å². The van der Waals surface area contributed by atoms with Gasteiger partial charge < -0.3 is 10.2 Å². The van der Waals surface area contributed by atoms with Gasteiger partial charge in [-0.3, -0.25) is 4.79 Å². The maximum atomic E-state index is 12.4. The fourth-order valence-electron chi connectivity index (χ4n) is 3.09. The third-order valence-electron chi connectivity index (χ3n) is 4.02. The molecule has 134 valence electrons. The summed E-state index contributed by atoms with van der Waals surface area (Å²) in [6.07, 6.45) is 1.20. The van der Waals surface area contributed by atoms with Crippen molar-refractivity contribution in [1.82, 2.24) is 15.1 Å². The maximum Gasteiger partial charge on any atom is 0.233 e. The third-order valence-corrected chi connectivity index (χ3v) is 6.21. The molecule has 0 saturated carbocycles. The van der Waals surface area contributed by atoms with E-state index in [-0.39, 0.29) is 5.91 Å². The van der Waals surface area contributed by atoms with Crippen molar-refractivity contribution < 1.29 is 4.79 Å². The van der Waals surface area contributed by atoms with Gasteiger partial charge in [-0.15, -0.1) is 10.2 Å². The van der Waals surface area contributed by atoms with Crippen LogP contribution in [0.2, 0.25) is 5.02 Å². The second kappa shape index (κ2) is 8.38. The molecule has 0 unspecified atom stereocenters. The van der Waals surface area contributed by atoms with E-state index in [1.807, 2.05) is 29.2 Å². The first-order valence-corrected chi connectivity index (χ1v) is 10.4. The molecular weight excluding hydrogens is 376 g/mol. The van der Waals surface area contributed by atoms with Crippen molar-refractivity contribution in [3.63, 3.8) is 0 Å². The van der Waals surface area contributed by atoms with E-state index in [1.165, 1.54) is 29.5 Å². The number of hydrogen-bond acceptors (Lipinski definition) is 6. The number of rotatable bonds is 5. The molecule has 1 N–H and O–H groups in total. The Labute approximate surface area is 161 Å². The maximum absolute atomic E-state index is 12.4. The lowest BCUT2D eigenvalue weighted by atomic mass is 9.92. The van der Waals surface area contributed by atoms with E-state index in [1.54, 1.807) is 0 Å². The number of thioether (sulfide) groups is 1. The Morgan fingerprint density at radius 1 is 1.36 bits per heavy atom. The van der Waals surface area contributed by atoms with E-state index in [2.05, 4.69) is 29.4 Å². The number of carbonyl (C=O) groups is 1. The monoisotopic (exact) mass is 396 g/mol. The predicted molar refractivity (Wildman–Crippen MR) is 105 cm³/mol. The zero-order valence-electron chi connectivity index (χ0n) is 14.2. The zero-order chi connectivity index (χ0) is 17.8. The van der Waals surface area contributed by atoms with Crippen LogP contribution in [-0.4, -0.2) is 39.8 Å². The van der Waals surface area contributed by atoms with Crippen LogP contribution in [0.3, 0.4) is 0 Å². The van der Waals surface area contributed by atoms with Gasteiger partial charge in [0.1, 0.15) is 0 Å². The summed E-state index contributed by atoms with van der Waals surface area (Å²) in [7, 11) is 0. The number of nitrogens with zero attached hydrogens (tertiary/aromatic N) is 3.